The zero-order chi connectivity index (χ0) is 17.6. The van der Waals surface area contributed by atoms with Gasteiger partial charge in [0.05, 0.1) is 5.41 Å². The summed E-state index contributed by atoms with van der Waals surface area (Å²) in [5.41, 5.74) is 6.44. The zero-order valence-corrected chi connectivity index (χ0v) is 14.0. The minimum Gasteiger partial charge on any atom is -0.381 e. The smallest absolute Gasteiger partial charge is 0.225 e. The van der Waals surface area contributed by atoms with E-state index < -0.39 is 11.3 Å². The Morgan fingerprint density at radius 3 is 2.33 bits per heavy atom. The van der Waals surface area contributed by atoms with E-state index in [0.717, 1.165) is 5.56 Å². The number of benzene rings is 1. The molecule has 24 heavy (non-hydrogen) atoms. The lowest BCUT2D eigenvalue weighted by Crippen LogP contribution is -2.49. The van der Waals surface area contributed by atoms with Gasteiger partial charge in [0.1, 0.15) is 0 Å². The summed E-state index contributed by atoms with van der Waals surface area (Å²) in [6.45, 7) is 3.07. The van der Waals surface area contributed by atoms with Crippen LogP contribution in [0.15, 0.2) is 24.3 Å². The first kappa shape index (κ1) is 18.1. The molecule has 2 rings (SSSR count). The van der Waals surface area contributed by atoms with E-state index in [-0.39, 0.29) is 31.1 Å². The highest BCUT2D eigenvalue weighted by atomic mass is 16.5. The molecule has 1 aliphatic heterocycles. The molecule has 0 aromatic heterocycles. The molecule has 1 fully saturated rings. The van der Waals surface area contributed by atoms with Crippen LogP contribution in [0.3, 0.4) is 0 Å². The van der Waals surface area contributed by atoms with Gasteiger partial charge in [0.25, 0.3) is 0 Å². The SMILES string of the molecule is Cc1ccc(C(=O)CCC(=O)NCC2(C(N)=O)CCOCC2)cc1. The molecule has 1 aliphatic rings. The summed E-state index contributed by atoms with van der Waals surface area (Å²) in [7, 11) is 0. The second kappa shape index (κ2) is 8.06. The average Bonchev–Trinajstić information content (AvgIpc) is 2.59. The molecule has 6 heteroatoms. The number of carbonyl (C=O) groups is 3. The Hall–Kier alpha value is -2.21. The molecule has 0 radical (unpaired) electrons. The van der Waals surface area contributed by atoms with E-state index in [0.29, 0.717) is 31.6 Å². The third kappa shape index (κ3) is 4.64. The molecular formula is C18H24N2O4. The lowest BCUT2D eigenvalue weighted by atomic mass is 9.79. The van der Waals surface area contributed by atoms with Crippen LogP contribution in [0.4, 0.5) is 0 Å². The summed E-state index contributed by atoms with van der Waals surface area (Å²) in [6, 6.07) is 7.27. The molecular weight excluding hydrogens is 308 g/mol. The van der Waals surface area contributed by atoms with Gasteiger partial charge in [0.2, 0.25) is 11.8 Å². The van der Waals surface area contributed by atoms with Crippen LogP contribution in [0.25, 0.3) is 0 Å². The van der Waals surface area contributed by atoms with Crippen molar-refractivity contribution in [3.63, 3.8) is 0 Å². The average molecular weight is 332 g/mol. The summed E-state index contributed by atoms with van der Waals surface area (Å²) in [5, 5.41) is 2.74. The van der Waals surface area contributed by atoms with Crippen LogP contribution in [0.2, 0.25) is 0 Å². The largest absolute Gasteiger partial charge is 0.381 e. The van der Waals surface area contributed by atoms with E-state index >= 15 is 0 Å². The van der Waals surface area contributed by atoms with Crippen molar-refractivity contribution < 1.29 is 19.1 Å². The number of carbonyl (C=O) groups excluding carboxylic acids is 3. The van der Waals surface area contributed by atoms with Crippen LogP contribution in [-0.4, -0.2) is 37.4 Å². The highest BCUT2D eigenvalue weighted by Gasteiger charge is 2.38. The molecule has 0 spiro atoms. The van der Waals surface area contributed by atoms with Gasteiger partial charge in [-0.2, -0.15) is 0 Å². The molecule has 1 saturated heterocycles. The van der Waals surface area contributed by atoms with Gasteiger partial charge in [0.15, 0.2) is 5.78 Å². The Morgan fingerprint density at radius 2 is 1.75 bits per heavy atom. The molecule has 1 aromatic carbocycles. The molecule has 1 aromatic rings. The maximum Gasteiger partial charge on any atom is 0.225 e. The number of primary amides is 1. The Bertz CT molecular complexity index is 604. The van der Waals surface area contributed by atoms with E-state index in [1.54, 1.807) is 12.1 Å². The number of nitrogens with one attached hydrogen (secondary N) is 1. The van der Waals surface area contributed by atoms with Crippen LogP contribution < -0.4 is 11.1 Å². The monoisotopic (exact) mass is 332 g/mol. The normalized spacial score (nSPS) is 16.4. The van der Waals surface area contributed by atoms with Gasteiger partial charge in [-0.15, -0.1) is 0 Å². The highest BCUT2D eigenvalue weighted by molar-refractivity contribution is 5.98. The fourth-order valence-corrected chi connectivity index (χ4v) is 2.74. The number of Topliss-reactive ketones (excluding diaryl/α,β-unsaturated/α-hetero) is 1. The molecule has 0 unspecified atom stereocenters. The second-order valence-electron chi connectivity index (χ2n) is 6.32. The van der Waals surface area contributed by atoms with Gasteiger partial charge in [-0.1, -0.05) is 29.8 Å². The maximum absolute atomic E-state index is 12.1. The minimum absolute atomic E-state index is 0.0687. The number of nitrogens with two attached hydrogens (primary N) is 1. The van der Waals surface area contributed by atoms with Gasteiger partial charge < -0.3 is 15.8 Å². The molecule has 0 saturated carbocycles. The standard InChI is InChI=1S/C18H24N2O4/c1-13-2-4-14(5-3-13)15(21)6-7-16(22)20-12-18(17(19)23)8-10-24-11-9-18/h2-5H,6-12H2,1H3,(H2,19,23)(H,20,22). The molecule has 0 atom stereocenters. The lowest BCUT2D eigenvalue weighted by molar-refractivity contribution is -0.134. The molecule has 2 amide bonds. The van der Waals surface area contributed by atoms with Gasteiger partial charge in [0, 0.05) is 38.2 Å². The minimum atomic E-state index is -0.741. The summed E-state index contributed by atoms with van der Waals surface area (Å²) in [6.07, 6.45) is 1.25. The first-order valence-electron chi connectivity index (χ1n) is 8.17. The van der Waals surface area contributed by atoms with Crippen LogP contribution in [0.1, 0.15) is 41.6 Å². The van der Waals surface area contributed by atoms with Crippen LogP contribution in [0, 0.1) is 12.3 Å². The Kier molecular flexibility index (Phi) is 6.09. The van der Waals surface area contributed by atoms with E-state index in [1.165, 1.54) is 0 Å². The third-order valence-electron chi connectivity index (χ3n) is 4.55. The summed E-state index contributed by atoms with van der Waals surface area (Å²) < 4.78 is 5.25. The zero-order valence-electron chi connectivity index (χ0n) is 14.0. The highest BCUT2D eigenvalue weighted by Crippen LogP contribution is 2.29. The number of amides is 2. The molecule has 130 valence electrons. The van der Waals surface area contributed by atoms with Crippen molar-refractivity contribution in [3.05, 3.63) is 35.4 Å². The van der Waals surface area contributed by atoms with Crippen molar-refractivity contribution in [2.24, 2.45) is 11.1 Å². The fourth-order valence-electron chi connectivity index (χ4n) is 2.74. The predicted octanol–water partition coefficient (Wildman–Crippen LogP) is 1.36. The van der Waals surface area contributed by atoms with Crippen molar-refractivity contribution in [2.45, 2.75) is 32.6 Å². The molecule has 3 N–H and O–H groups in total. The van der Waals surface area contributed by atoms with Gasteiger partial charge in [-0.3, -0.25) is 14.4 Å². The van der Waals surface area contributed by atoms with Gasteiger partial charge in [-0.05, 0) is 19.8 Å². The van der Waals surface area contributed by atoms with E-state index in [9.17, 15) is 14.4 Å². The van der Waals surface area contributed by atoms with Crippen molar-refractivity contribution in [1.29, 1.82) is 0 Å². The topological polar surface area (TPSA) is 98.5 Å². The van der Waals surface area contributed by atoms with Crippen LogP contribution in [0.5, 0.6) is 0 Å². The number of hydrogen-bond donors (Lipinski definition) is 2. The molecule has 1 heterocycles. The number of hydrogen-bond acceptors (Lipinski definition) is 4. The Morgan fingerprint density at radius 1 is 1.12 bits per heavy atom. The van der Waals surface area contributed by atoms with Gasteiger partial charge in [-0.25, -0.2) is 0 Å². The van der Waals surface area contributed by atoms with Crippen LogP contribution in [-0.2, 0) is 14.3 Å². The Balaban J connectivity index is 1.81. The number of aryl methyl sites for hydroxylation is 1. The van der Waals surface area contributed by atoms with Crippen LogP contribution >= 0.6 is 0 Å². The molecule has 0 aliphatic carbocycles. The number of rotatable bonds is 7. The van der Waals surface area contributed by atoms with E-state index in [4.69, 9.17) is 10.5 Å². The first-order chi connectivity index (χ1) is 11.4. The number of ketones is 1. The fraction of sp³-hybridized carbons (Fsp3) is 0.500. The second-order valence-corrected chi connectivity index (χ2v) is 6.32. The van der Waals surface area contributed by atoms with E-state index in [1.807, 2.05) is 19.1 Å². The van der Waals surface area contributed by atoms with Crippen molar-refractivity contribution in [1.82, 2.24) is 5.32 Å². The summed E-state index contributed by atoms with van der Waals surface area (Å²) >= 11 is 0. The predicted molar refractivity (Wildman–Crippen MR) is 89.4 cm³/mol. The Labute approximate surface area is 141 Å². The first-order valence-corrected chi connectivity index (χ1v) is 8.17. The maximum atomic E-state index is 12.1. The summed E-state index contributed by atoms with van der Waals surface area (Å²) in [4.78, 5) is 35.8. The quantitative estimate of drug-likeness (QED) is 0.736. The number of ether oxygens (including phenoxy) is 1. The third-order valence-corrected chi connectivity index (χ3v) is 4.55. The summed E-state index contributed by atoms with van der Waals surface area (Å²) in [5.74, 6) is -0.731. The van der Waals surface area contributed by atoms with Crippen molar-refractivity contribution in [3.8, 4) is 0 Å². The van der Waals surface area contributed by atoms with Crippen molar-refractivity contribution in [2.75, 3.05) is 19.8 Å². The van der Waals surface area contributed by atoms with E-state index in [2.05, 4.69) is 5.32 Å². The molecule has 0 bridgehead atoms. The molecule has 6 nitrogen and oxygen atoms in total. The van der Waals surface area contributed by atoms with Gasteiger partial charge >= 0.3 is 0 Å². The lowest BCUT2D eigenvalue weighted by Gasteiger charge is -2.34. The van der Waals surface area contributed by atoms with Crippen molar-refractivity contribution >= 4 is 17.6 Å².